The number of thioether (sulfide) groups is 1. The molecular formula is C27H30N4O7S. The van der Waals surface area contributed by atoms with Gasteiger partial charge in [-0.2, -0.15) is 0 Å². The SMILES string of the molecule is Cc1cccc(OCCN2C(=O)S/C(=C\c3cc([N+](=O)[O-])c(N4CCOCC4)cc3N3CCOCC3)C2=O)c1. The van der Waals surface area contributed by atoms with Gasteiger partial charge in [0.05, 0.1) is 42.8 Å². The Hall–Kier alpha value is -3.61. The number of hydrogen-bond acceptors (Lipinski definition) is 10. The van der Waals surface area contributed by atoms with Gasteiger partial charge >= 0.3 is 0 Å². The van der Waals surface area contributed by atoms with Gasteiger partial charge in [-0.3, -0.25) is 24.6 Å². The first-order chi connectivity index (χ1) is 18.9. The number of carbonyl (C=O) groups excluding carboxylic acids is 2. The first-order valence-corrected chi connectivity index (χ1v) is 13.6. The molecule has 2 aromatic rings. The number of anilines is 2. The van der Waals surface area contributed by atoms with E-state index in [0.717, 1.165) is 27.9 Å². The second-order valence-corrected chi connectivity index (χ2v) is 10.3. The second kappa shape index (κ2) is 12.1. The van der Waals surface area contributed by atoms with Crippen LogP contribution in [0.15, 0.2) is 41.3 Å². The van der Waals surface area contributed by atoms with Gasteiger partial charge in [0, 0.05) is 43.5 Å². The Kier molecular flexibility index (Phi) is 8.34. The number of hydrogen-bond donors (Lipinski definition) is 0. The van der Waals surface area contributed by atoms with Crippen LogP contribution in [-0.2, 0) is 14.3 Å². The lowest BCUT2D eigenvalue weighted by Gasteiger charge is -2.33. The summed E-state index contributed by atoms with van der Waals surface area (Å²) in [6.45, 7) is 6.57. The van der Waals surface area contributed by atoms with Crippen LogP contribution in [0.25, 0.3) is 6.08 Å². The summed E-state index contributed by atoms with van der Waals surface area (Å²) in [7, 11) is 0. The monoisotopic (exact) mass is 554 g/mol. The number of amides is 2. The van der Waals surface area contributed by atoms with Gasteiger partial charge in [0.2, 0.25) is 0 Å². The minimum atomic E-state index is -0.439. The van der Waals surface area contributed by atoms with Gasteiger partial charge in [-0.15, -0.1) is 0 Å². The molecule has 3 fully saturated rings. The van der Waals surface area contributed by atoms with Crippen molar-refractivity contribution < 1.29 is 28.7 Å². The van der Waals surface area contributed by atoms with Crippen molar-refractivity contribution in [3.63, 3.8) is 0 Å². The third-order valence-electron chi connectivity index (χ3n) is 6.76. The van der Waals surface area contributed by atoms with Crippen molar-refractivity contribution in [2.75, 3.05) is 75.6 Å². The average molecular weight is 555 g/mol. The molecule has 12 heteroatoms. The van der Waals surface area contributed by atoms with Crippen molar-refractivity contribution in [1.29, 1.82) is 0 Å². The highest BCUT2D eigenvalue weighted by Gasteiger charge is 2.36. The maximum absolute atomic E-state index is 13.2. The Labute approximate surface area is 230 Å². The molecule has 0 spiro atoms. The summed E-state index contributed by atoms with van der Waals surface area (Å²) in [4.78, 5) is 43.1. The zero-order valence-corrected chi connectivity index (χ0v) is 22.5. The standard InChI is InChI=1S/C27H30N4O7S/c1-19-3-2-4-21(15-19)38-14-9-30-26(32)25(39-27(30)33)17-20-16-24(31(34)35)23(29-7-12-37-13-8-29)18-22(20)28-5-10-36-11-6-28/h2-4,15-18H,5-14H2,1H3/b25-17-. The molecule has 0 N–H and O–H groups in total. The minimum absolute atomic E-state index is 0.0501. The van der Waals surface area contributed by atoms with Crippen LogP contribution < -0.4 is 14.5 Å². The number of carbonyl (C=O) groups is 2. The molecule has 0 radical (unpaired) electrons. The van der Waals surface area contributed by atoms with Crippen molar-refractivity contribution in [3.8, 4) is 5.75 Å². The van der Waals surface area contributed by atoms with Gasteiger partial charge in [0.15, 0.2) is 0 Å². The molecule has 0 aromatic heterocycles. The van der Waals surface area contributed by atoms with Crippen molar-refractivity contribution in [1.82, 2.24) is 4.90 Å². The number of imide groups is 1. The van der Waals surface area contributed by atoms with E-state index in [-0.39, 0.29) is 23.7 Å². The van der Waals surface area contributed by atoms with Crippen molar-refractivity contribution in [3.05, 3.63) is 62.5 Å². The number of rotatable bonds is 8. The molecular weight excluding hydrogens is 524 g/mol. The number of aryl methyl sites for hydroxylation is 1. The largest absolute Gasteiger partial charge is 0.492 e. The van der Waals surface area contributed by atoms with Gasteiger partial charge in [-0.05, 0) is 48.5 Å². The Morgan fingerprint density at radius 1 is 1.00 bits per heavy atom. The van der Waals surface area contributed by atoms with Crippen LogP contribution in [0.4, 0.5) is 21.9 Å². The lowest BCUT2D eigenvalue weighted by Crippen LogP contribution is -2.38. The Morgan fingerprint density at radius 2 is 1.67 bits per heavy atom. The van der Waals surface area contributed by atoms with Crippen LogP contribution in [0.3, 0.4) is 0 Å². The molecule has 3 saturated heterocycles. The third-order valence-corrected chi connectivity index (χ3v) is 7.66. The quantitative estimate of drug-likeness (QED) is 0.272. The van der Waals surface area contributed by atoms with Crippen LogP contribution in [0, 0.1) is 17.0 Å². The maximum Gasteiger partial charge on any atom is 0.293 e. The van der Waals surface area contributed by atoms with Crippen LogP contribution in [0.5, 0.6) is 5.75 Å². The number of morpholine rings is 2. The van der Waals surface area contributed by atoms with Gasteiger partial charge in [-0.1, -0.05) is 12.1 Å². The van der Waals surface area contributed by atoms with E-state index in [0.29, 0.717) is 69.6 Å². The molecule has 206 valence electrons. The average Bonchev–Trinajstić information content (AvgIpc) is 3.21. The molecule has 5 rings (SSSR count). The molecule has 3 aliphatic heterocycles. The topological polar surface area (TPSA) is 115 Å². The summed E-state index contributed by atoms with van der Waals surface area (Å²) >= 11 is 0.830. The minimum Gasteiger partial charge on any atom is -0.492 e. The predicted molar refractivity (Wildman–Crippen MR) is 149 cm³/mol. The van der Waals surface area contributed by atoms with Crippen molar-refractivity contribution >= 4 is 46.0 Å². The van der Waals surface area contributed by atoms with E-state index >= 15 is 0 Å². The van der Waals surface area contributed by atoms with E-state index in [1.807, 2.05) is 42.2 Å². The summed E-state index contributed by atoms with van der Waals surface area (Å²) in [5.74, 6) is 0.228. The first-order valence-electron chi connectivity index (χ1n) is 12.8. The summed E-state index contributed by atoms with van der Waals surface area (Å²) in [5.41, 5.74) is 2.79. The summed E-state index contributed by atoms with van der Waals surface area (Å²) < 4.78 is 16.7. The Morgan fingerprint density at radius 3 is 2.31 bits per heavy atom. The van der Waals surface area contributed by atoms with E-state index in [1.54, 1.807) is 6.08 Å². The Balaban J connectivity index is 1.42. The van der Waals surface area contributed by atoms with Crippen LogP contribution in [-0.4, -0.2) is 86.7 Å². The number of ether oxygens (including phenoxy) is 3. The fourth-order valence-electron chi connectivity index (χ4n) is 4.77. The van der Waals surface area contributed by atoms with Gasteiger partial charge in [-0.25, -0.2) is 0 Å². The third kappa shape index (κ3) is 6.18. The van der Waals surface area contributed by atoms with Gasteiger partial charge in [0.1, 0.15) is 18.0 Å². The lowest BCUT2D eigenvalue weighted by atomic mass is 10.1. The molecule has 2 aromatic carbocycles. The highest BCUT2D eigenvalue weighted by atomic mass is 32.2. The molecule has 0 atom stereocenters. The van der Waals surface area contributed by atoms with E-state index in [4.69, 9.17) is 14.2 Å². The Bertz CT molecular complexity index is 1290. The first kappa shape index (κ1) is 27.0. The van der Waals surface area contributed by atoms with Crippen LogP contribution in [0.2, 0.25) is 0 Å². The maximum atomic E-state index is 13.2. The van der Waals surface area contributed by atoms with E-state index in [1.165, 1.54) is 6.07 Å². The molecule has 11 nitrogen and oxygen atoms in total. The highest BCUT2D eigenvalue weighted by Crippen LogP contribution is 2.40. The molecule has 39 heavy (non-hydrogen) atoms. The summed E-state index contributed by atoms with van der Waals surface area (Å²) in [5, 5.41) is 11.7. The van der Waals surface area contributed by atoms with E-state index in [9.17, 15) is 19.7 Å². The summed E-state index contributed by atoms with van der Waals surface area (Å²) in [6.07, 6.45) is 1.59. The fraction of sp³-hybridized carbons (Fsp3) is 0.407. The summed E-state index contributed by atoms with van der Waals surface area (Å²) in [6, 6.07) is 10.9. The van der Waals surface area contributed by atoms with Crippen molar-refractivity contribution in [2.45, 2.75) is 6.92 Å². The zero-order chi connectivity index (χ0) is 27.4. The fourth-order valence-corrected chi connectivity index (χ4v) is 5.63. The van der Waals surface area contributed by atoms with Crippen molar-refractivity contribution in [2.24, 2.45) is 0 Å². The van der Waals surface area contributed by atoms with Crippen LogP contribution in [0.1, 0.15) is 11.1 Å². The molecule has 0 aliphatic carbocycles. The predicted octanol–water partition coefficient (Wildman–Crippen LogP) is 3.69. The van der Waals surface area contributed by atoms with E-state index < -0.39 is 16.1 Å². The van der Waals surface area contributed by atoms with Gasteiger partial charge < -0.3 is 24.0 Å². The molecule has 3 aliphatic rings. The molecule has 3 heterocycles. The van der Waals surface area contributed by atoms with Gasteiger partial charge in [0.25, 0.3) is 16.8 Å². The number of nitrogens with zero attached hydrogens (tertiary/aromatic N) is 4. The zero-order valence-electron chi connectivity index (χ0n) is 21.7. The smallest absolute Gasteiger partial charge is 0.293 e. The highest BCUT2D eigenvalue weighted by molar-refractivity contribution is 8.18. The number of benzene rings is 2. The lowest BCUT2D eigenvalue weighted by molar-refractivity contribution is -0.384. The number of nitro benzene ring substituents is 1. The number of nitro groups is 1. The molecule has 0 bridgehead atoms. The molecule has 0 unspecified atom stereocenters. The second-order valence-electron chi connectivity index (χ2n) is 9.35. The van der Waals surface area contributed by atoms with E-state index in [2.05, 4.69) is 4.90 Å². The normalized spacial score (nSPS) is 19.2. The molecule has 2 amide bonds. The molecule has 0 saturated carbocycles. The van der Waals surface area contributed by atoms with Crippen LogP contribution >= 0.6 is 11.8 Å².